The van der Waals surface area contributed by atoms with Crippen molar-refractivity contribution in [2.75, 3.05) is 12.4 Å². The molecule has 28 heteroatoms. The first kappa shape index (κ1) is 52.5. The number of carboxylic acids is 6. The van der Waals surface area contributed by atoms with Gasteiger partial charge < -0.3 is 35.7 Å². The van der Waals surface area contributed by atoms with Gasteiger partial charge in [0.05, 0.1) is 30.6 Å². The molecule has 260 valence electrons. The van der Waals surface area contributed by atoms with Gasteiger partial charge >= 0.3 is 59.3 Å². The van der Waals surface area contributed by atoms with E-state index in [2.05, 4.69) is 4.74 Å². The number of carboxylic acid groups (broad SMARTS) is 6. The molecule has 1 unspecified atom stereocenters. The Labute approximate surface area is 239 Å². The van der Waals surface area contributed by atoms with Crippen molar-refractivity contribution in [3.63, 3.8) is 0 Å². The second-order valence-electron chi connectivity index (χ2n) is 6.92. The van der Waals surface area contributed by atoms with Gasteiger partial charge in [-0.2, -0.15) is 39.5 Å². The van der Waals surface area contributed by atoms with Crippen LogP contribution in [0.2, 0.25) is 0 Å². The molecule has 0 aliphatic rings. The number of carbonyl (C=O) groups is 6. The van der Waals surface area contributed by atoms with Gasteiger partial charge in [0.15, 0.2) is 0 Å². The van der Waals surface area contributed by atoms with Gasteiger partial charge in [-0.25, -0.2) is 23.6 Å². The zero-order valence-electron chi connectivity index (χ0n) is 22.9. The Kier molecular flexibility index (Phi) is 23.1. The molecular weight excluding hydrogens is 1480 g/mol. The first-order valence-corrected chi connectivity index (χ1v) is 11.1. The standard InChI is InChI=1S/C7H6F10O2S.2C6H6O6.3Rf/c8-3(4(9,10)20-2-1-18)19-7(16,17)5(11,12)6(13,14)15;2*7-4(8)1-3(6(11)12)2-5(9)10;;;/h3,18H,1-2H2;2*1H,2H2,(H,7,8)(H,9,10)(H,11,12);;;/b;2*3-1-;;;. The van der Waals surface area contributed by atoms with Crippen LogP contribution in [0, 0.1) is 0 Å². The van der Waals surface area contributed by atoms with Gasteiger partial charge in [-0.15, -0.1) is 0 Å². The number of rotatable bonds is 15. The minimum Gasteiger partial charge on any atom is -0.481 e. The maximum atomic E-state index is 12.7. The van der Waals surface area contributed by atoms with Gasteiger partial charge in [-0.3, -0.25) is 14.3 Å². The van der Waals surface area contributed by atoms with E-state index in [1.807, 2.05) is 0 Å². The van der Waals surface area contributed by atoms with Crippen molar-refractivity contribution in [1.82, 2.24) is 0 Å². The summed E-state index contributed by atoms with van der Waals surface area (Å²) in [7, 11) is 0. The number of aliphatic carboxylic acids is 6. The number of halogens is 10. The molecule has 0 bridgehead atoms. The first-order valence-electron chi connectivity index (χ1n) is 10.1. The molecule has 0 aliphatic carbocycles. The number of ether oxygens (including phenoxy) is 1. The molecule has 1 atom stereocenters. The van der Waals surface area contributed by atoms with Gasteiger partial charge in [0.2, 0.25) is 0 Å². The van der Waals surface area contributed by atoms with Crippen LogP contribution in [0.3, 0.4) is 0 Å². The number of thioether (sulfide) groups is 1. The van der Waals surface area contributed by atoms with Gasteiger partial charge in [0.1, 0.15) is 0 Å². The summed E-state index contributed by atoms with van der Waals surface area (Å²) in [5.74, 6) is -16.6. The third-order valence-corrected chi connectivity index (χ3v) is 4.41. The molecule has 0 radical (unpaired) electrons. The second-order valence-corrected chi connectivity index (χ2v) is 8.16. The molecule has 7 N–H and O–H groups in total. The molecule has 0 aromatic heterocycles. The Morgan fingerprint density at radius 3 is 1.19 bits per heavy atom. The summed E-state index contributed by atoms with van der Waals surface area (Å²) in [6.07, 6.45) is -18.7. The summed E-state index contributed by atoms with van der Waals surface area (Å²) in [5, 5.41) is 52.4. The predicted octanol–water partition coefficient (Wildman–Crippen LogP) is 2.52. The van der Waals surface area contributed by atoms with Crippen LogP contribution in [0.15, 0.2) is 23.3 Å². The van der Waals surface area contributed by atoms with E-state index in [1.165, 1.54) is 0 Å². The number of hydrogen-bond acceptors (Lipinski definition) is 9. The average molecular weight is 1490 g/mol. The fourth-order valence-corrected chi connectivity index (χ4v) is 2.23. The largest absolute Gasteiger partial charge is 0.481 e. The van der Waals surface area contributed by atoms with Gasteiger partial charge in [-0.05, 0) is 0 Å². The molecule has 0 spiro atoms. The van der Waals surface area contributed by atoms with E-state index in [-0.39, 0.29) is 0 Å². The van der Waals surface area contributed by atoms with Crippen LogP contribution in [0.5, 0.6) is 0 Å². The SMILES string of the molecule is O=C(O)/C=C(/CC(=O)O)C(=O)O.O=C(O)/C=C(/CC(=O)O)C(=O)O.OCCSC(F)(F)C(F)OC(F)(F)C(F)(F)C(F)(F)F.[Rf].[Rf].[Rf]. The van der Waals surface area contributed by atoms with E-state index in [4.69, 9.17) is 35.7 Å². The molecule has 0 heterocycles. The zero-order valence-corrected chi connectivity index (χ0v) is 42.9. The summed E-state index contributed by atoms with van der Waals surface area (Å²) in [4.78, 5) is 60.3. The van der Waals surface area contributed by atoms with Crippen molar-refractivity contribution in [3.05, 3.63) is 23.3 Å². The summed E-state index contributed by atoms with van der Waals surface area (Å²) >= 11 is -0.797. The summed E-state index contributed by atoms with van der Waals surface area (Å²) < 4.78 is 125. The third-order valence-electron chi connectivity index (χ3n) is 3.45. The summed E-state index contributed by atoms with van der Waals surface area (Å²) in [6.45, 7) is -0.942. The molecule has 0 fully saturated rings. The molecule has 14 nitrogen and oxygen atoms in total. The summed E-state index contributed by atoms with van der Waals surface area (Å²) in [5.41, 5.74) is -1.31. The molecule has 0 amide bonds. The van der Waals surface area contributed by atoms with Crippen LogP contribution in [0.4, 0.5) is 43.9 Å². The Hall–Kier alpha value is -7.13. The van der Waals surface area contributed by atoms with Crippen LogP contribution in [0.25, 0.3) is 0 Å². The smallest absolute Gasteiger partial charge is 0.462 e. The number of aliphatic hydroxyl groups excluding tert-OH is 1. The number of hydrogen-bond donors (Lipinski definition) is 7. The van der Waals surface area contributed by atoms with Crippen molar-refractivity contribution in [1.29, 1.82) is 0 Å². The fraction of sp³-hybridized carbons (Fsp3) is 0.474. The van der Waals surface area contributed by atoms with Crippen LogP contribution >= 0.6 is 11.8 Å². The Bertz CT molecular complexity index is 1070. The van der Waals surface area contributed by atoms with E-state index < -0.39 is 114 Å². The minimum atomic E-state index is -6.86. The second kappa shape index (κ2) is 20.7. The molecular formula is C19H18F10O14Rf3S. The Morgan fingerprint density at radius 1 is 0.660 bits per heavy atom. The Balaban J connectivity index is -0.000000137. The third kappa shape index (κ3) is 20.4. The minimum absolute atomic E-state index is 0. The van der Waals surface area contributed by atoms with Crippen molar-refractivity contribution < 1.29 is 113 Å². The van der Waals surface area contributed by atoms with E-state index in [0.29, 0.717) is 12.2 Å². The number of alkyl halides is 10. The average Bonchev–Trinajstić information content (AvgIpc) is 2.80. The van der Waals surface area contributed by atoms with Crippen LogP contribution in [0.1, 0.15) is 12.8 Å². The van der Waals surface area contributed by atoms with E-state index >= 15 is 0 Å². The molecule has 0 saturated carbocycles. The zero-order chi connectivity index (χ0) is 35.9. The van der Waals surface area contributed by atoms with Crippen LogP contribution in [-0.2, 0) is 33.5 Å². The maximum Gasteiger partial charge on any atom is 0.462 e. The quantitative estimate of drug-likeness (QED) is 0.0920. The van der Waals surface area contributed by atoms with Crippen LogP contribution in [-0.4, -0.2) is 114 Å². The Morgan fingerprint density at radius 2 is 0.979 bits per heavy atom. The normalized spacial score (nSPS) is 12.5. The van der Waals surface area contributed by atoms with E-state index in [0.717, 1.165) is 0 Å². The van der Waals surface area contributed by atoms with Gasteiger partial charge in [-0.1, -0.05) is 11.8 Å². The molecule has 47 heavy (non-hydrogen) atoms. The van der Waals surface area contributed by atoms with Crippen molar-refractivity contribution in [3.8, 4) is 0 Å². The van der Waals surface area contributed by atoms with E-state index in [9.17, 15) is 72.7 Å². The molecule has 0 rings (SSSR count). The van der Waals surface area contributed by atoms with Crippen LogP contribution < -0.4 is 0 Å². The van der Waals surface area contributed by atoms with Gasteiger partial charge in [0.25, 0.3) is 6.36 Å². The van der Waals surface area contributed by atoms with E-state index in [1.54, 1.807) is 0 Å². The molecule has 0 aliphatic heterocycles. The molecule has 0 aromatic rings. The predicted molar refractivity (Wildman–Crippen MR) is 118 cm³/mol. The fourth-order valence-electron chi connectivity index (χ4n) is 1.69. The monoisotopic (exact) mass is 1490 g/mol. The first-order chi connectivity index (χ1) is 19.5. The molecule has 0 saturated heterocycles. The number of aliphatic hydroxyl groups is 1. The topological polar surface area (TPSA) is 253 Å². The molecule has 0 aromatic carbocycles. The van der Waals surface area contributed by atoms with Crippen molar-refractivity contribution in [2.45, 2.75) is 42.7 Å². The van der Waals surface area contributed by atoms with Crippen molar-refractivity contribution in [2.24, 2.45) is 0 Å². The van der Waals surface area contributed by atoms with Crippen molar-refractivity contribution >= 4 is 47.6 Å². The van der Waals surface area contributed by atoms with Gasteiger partial charge in [0, 0.05) is 17.9 Å². The maximum absolute atomic E-state index is 12.7. The summed E-state index contributed by atoms with van der Waals surface area (Å²) in [6, 6.07) is 0.